The summed E-state index contributed by atoms with van der Waals surface area (Å²) in [6.45, 7) is 1.52. The Labute approximate surface area is 155 Å². The second-order valence-electron chi connectivity index (χ2n) is 5.68. The molecule has 9 heteroatoms. The first kappa shape index (κ1) is 20.1. The van der Waals surface area contributed by atoms with Crippen LogP contribution in [0.1, 0.15) is 12.5 Å². The first-order valence-electron chi connectivity index (χ1n) is 7.56. The van der Waals surface area contributed by atoms with Crippen molar-refractivity contribution in [1.29, 1.82) is 0 Å². The van der Waals surface area contributed by atoms with E-state index in [1.807, 2.05) is 0 Å². The lowest BCUT2D eigenvalue weighted by atomic mass is 10.2. The van der Waals surface area contributed by atoms with Crippen molar-refractivity contribution in [3.05, 3.63) is 64.7 Å². The van der Waals surface area contributed by atoms with E-state index in [0.29, 0.717) is 5.02 Å². The maximum absolute atomic E-state index is 13.5. The number of hydrogen-bond acceptors (Lipinski definition) is 3. The topological polar surface area (TPSA) is 66.5 Å². The van der Waals surface area contributed by atoms with Crippen LogP contribution < -0.4 is 9.62 Å². The van der Waals surface area contributed by atoms with E-state index in [4.69, 9.17) is 11.6 Å². The molecule has 0 aromatic heterocycles. The molecule has 2 aromatic rings. The molecule has 0 saturated heterocycles. The van der Waals surface area contributed by atoms with Crippen molar-refractivity contribution < 1.29 is 22.0 Å². The zero-order chi connectivity index (χ0) is 19.5. The highest BCUT2D eigenvalue weighted by Crippen LogP contribution is 2.23. The van der Waals surface area contributed by atoms with Gasteiger partial charge in [0.15, 0.2) is 11.6 Å². The van der Waals surface area contributed by atoms with Gasteiger partial charge >= 0.3 is 0 Å². The van der Waals surface area contributed by atoms with Crippen LogP contribution in [0.15, 0.2) is 42.5 Å². The molecule has 1 amide bonds. The third kappa shape index (κ3) is 4.92. The Morgan fingerprint density at radius 1 is 1.15 bits per heavy atom. The first-order valence-corrected chi connectivity index (χ1v) is 9.79. The van der Waals surface area contributed by atoms with Gasteiger partial charge in [0.2, 0.25) is 15.9 Å². The minimum atomic E-state index is -3.91. The number of carbonyl (C=O) groups is 1. The van der Waals surface area contributed by atoms with E-state index in [-0.39, 0.29) is 12.2 Å². The number of anilines is 1. The second-order valence-corrected chi connectivity index (χ2v) is 7.97. The van der Waals surface area contributed by atoms with Gasteiger partial charge in [-0.05, 0) is 36.8 Å². The predicted octanol–water partition coefficient (Wildman–Crippen LogP) is 3.09. The van der Waals surface area contributed by atoms with Crippen molar-refractivity contribution in [2.24, 2.45) is 0 Å². The molecular formula is C17H17ClF2N2O3S. The Balaban J connectivity index is 2.20. The lowest BCUT2D eigenvalue weighted by molar-refractivity contribution is -0.122. The van der Waals surface area contributed by atoms with Crippen LogP contribution in [0.2, 0.25) is 5.02 Å². The molecular weight excluding hydrogens is 386 g/mol. The van der Waals surface area contributed by atoms with Gasteiger partial charge in [0, 0.05) is 17.6 Å². The second kappa shape index (κ2) is 8.01. The van der Waals surface area contributed by atoms with Gasteiger partial charge < -0.3 is 5.32 Å². The molecule has 2 aromatic carbocycles. The average Bonchev–Trinajstić information content (AvgIpc) is 2.56. The van der Waals surface area contributed by atoms with Crippen LogP contribution in [0.5, 0.6) is 0 Å². The lowest BCUT2D eigenvalue weighted by Crippen LogP contribution is -2.47. The van der Waals surface area contributed by atoms with Gasteiger partial charge in [-0.1, -0.05) is 23.7 Å². The normalized spacial score (nSPS) is 12.5. The predicted molar refractivity (Wildman–Crippen MR) is 96.4 cm³/mol. The molecule has 5 nitrogen and oxygen atoms in total. The number of halogens is 3. The minimum Gasteiger partial charge on any atom is -0.350 e. The third-order valence-corrected chi connectivity index (χ3v) is 5.12. The number of benzene rings is 2. The molecule has 0 bridgehead atoms. The molecule has 1 atom stereocenters. The molecule has 0 fully saturated rings. The summed E-state index contributed by atoms with van der Waals surface area (Å²) in [5.41, 5.74) is 0.634. The highest BCUT2D eigenvalue weighted by Gasteiger charge is 2.29. The SMILES string of the molecule is CC(C(=O)NCc1ccc(Cl)cc1)N(c1ccc(F)c(F)c1)S(C)(=O)=O. The zero-order valence-electron chi connectivity index (χ0n) is 14.0. The smallest absolute Gasteiger partial charge is 0.243 e. The van der Waals surface area contributed by atoms with Crippen LogP contribution in [-0.2, 0) is 21.4 Å². The number of nitrogens with zero attached hydrogens (tertiary/aromatic N) is 1. The Bertz CT molecular complexity index is 905. The number of sulfonamides is 1. The molecule has 0 aliphatic heterocycles. The average molecular weight is 403 g/mol. The van der Waals surface area contributed by atoms with E-state index in [9.17, 15) is 22.0 Å². The van der Waals surface area contributed by atoms with Crippen molar-refractivity contribution >= 4 is 33.2 Å². The largest absolute Gasteiger partial charge is 0.350 e. The maximum atomic E-state index is 13.5. The van der Waals surface area contributed by atoms with Crippen LogP contribution in [0.4, 0.5) is 14.5 Å². The van der Waals surface area contributed by atoms with E-state index < -0.39 is 33.6 Å². The van der Waals surface area contributed by atoms with Gasteiger partial charge in [0.1, 0.15) is 6.04 Å². The summed E-state index contributed by atoms with van der Waals surface area (Å²) in [6.07, 6.45) is 0.886. The van der Waals surface area contributed by atoms with E-state index in [1.165, 1.54) is 6.92 Å². The number of rotatable bonds is 6. The highest BCUT2D eigenvalue weighted by molar-refractivity contribution is 7.92. The van der Waals surface area contributed by atoms with E-state index in [2.05, 4.69) is 5.32 Å². The standard InChI is InChI=1S/C17H17ClF2N2O3S/c1-11(17(23)21-10-12-3-5-13(18)6-4-12)22(26(2,24)25)14-7-8-15(19)16(20)9-14/h3-9,11H,10H2,1-2H3,(H,21,23). The minimum absolute atomic E-state index is 0.138. The van der Waals surface area contributed by atoms with Crippen molar-refractivity contribution in [3.63, 3.8) is 0 Å². The third-order valence-electron chi connectivity index (χ3n) is 3.63. The molecule has 0 heterocycles. The summed E-state index contributed by atoms with van der Waals surface area (Å²) in [4.78, 5) is 12.4. The van der Waals surface area contributed by atoms with Crippen LogP contribution >= 0.6 is 11.6 Å². The van der Waals surface area contributed by atoms with Crippen molar-refractivity contribution in [1.82, 2.24) is 5.32 Å². The molecule has 1 N–H and O–H groups in total. The number of nitrogens with one attached hydrogen (secondary N) is 1. The molecule has 26 heavy (non-hydrogen) atoms. The fourth-order valence-electron chi connectivity index (χ4n) is 2.37. The summed E-state index contributed by atoms with van der Waals surface area (Å²) >= 11 is 5.79. The summed E-state index contributed by atoms with van der Waals surface area (Å²) in [7, 11) is -3.91. The Hall–Kier alpha value is -2.19. The van der Waals surface area contributed by atoms with Crippen LogP contribution in [-0.4, -0.2) is 26.6 Å². The molecule has 0 radical (unpaired) electrons. The maximum Gasteiger partial charge on any atom is 0.243 e. The molecule has 0 aliphatic carbocycles. The van der Waals surface area contributed by atoms with E-state index in [1.54, 1.807) is 24.3 Å². The van der Waals surface area contributed by atoms with Gasteiger partial charge in [-0.15, -0.1) is 0 Å². The van der Waals surface area contributed by atoms with Crippen molar-refractivity contribution in [3.8, 4) is 0 Å². The van der Waals surface area contributed by atoms with Gasteiger partial charge in [-0.3, -0.25) is 9.10 Å². The fourth-order valence-corrected chi connectivity index (χ4v) is 3.66. The lowest BCUT2D eigenvalue weighted by Gasteiger charge is -2.28. The van der Waals surface area contributed by atoms with Crippen LogP contribution in [0, 0.1) is 11.6 Å². The van der Waals surface area contributed by atoms with Gasteiger partial charge in [0.25, 0.3) is 0 Å². The van der Waals surface area contributed by atoms with Crippen LogP contribution in [0.3, 0.4) is 0 Å². The fraction of sp³-hybridized carbons (Fsp3) is 0.235. The Morgan fingerprint density at radius 3 is 2.31 bits per heavy atom. The summed E-state index contributed by atoms with van der Waals surface area (Å²) < 4.78 is 51.6. The van der Waals surface area contributed by atoms with Gasteiger partial charge in [-0.2, -0.15) is 0 Å². The molecule has 0 spiro atoms. The molecule has 1 unspecified atom stereocenters. The van der Waals surface area contributed by atoms with Gasteiger partial charge in [0.05, 0.1) is 11.9 Å². The van der Waals surface area contributed by atoms with E-state index >= 15 is 0 Å². The molecule has 0 saturated carbocycles. The molecule has 140 valence electrons. The number of hydrogen-bond donors (Lipinski definition) is 1. The van der Waals surface area contributed by atoms with E-state index in [0.717, 1.165) is 34.3 Å². The monoisotopic (exact) mass is 402 g/mol. The quantitative estimate of drug-likeness (QED) is 0.807. The first-order chi connectivity index (χ1) is 12.1. The molecule has 0 aliphatic rings. The number of carbonyl (C=O) groups excluding carboxylic acids is 1. The van der Waals surface area contributed by atoms with Crippen molar-refractivity contribution in [2.75, 3.05) is 10.6 Å². The zero-order valence-corrected chi connectivity index (χ0v) is 15.6. The summed E-state index contributed by atoms with van der Waals surface area (Å²) in [6, 6.07) is 8.24. The Morgan fingerprint density at radius 2 is 1.77 bits per heavy atom. The molecule has 2 rings (SSSR count). The summed E-state index contributed by atoms with van der Waals surface area (Å²) in [5.74, 6) is -2.90. The van der Waals surface area contributed by atoms with Gasteiger partial charge in [-0.25, -0.2) is 17.2 Å². The Kier molecular flexibility index (Phi) is 6.20. The number of amides is 1. The summed E-state index contributed by atoms with van der Waals surface area (Å²) in [5, 5.41) is 3.16. The van der Waals surface area contributed by atoms with Crippen molar-refractivity contribution in [2.45, 2.75) is 19.5 Å². The van der Waals surface area contributed by atoms with Crippen LogP contribution in [0.25, 0.3) is 0 Å². The highest BCUT2D eigenvalue weighted by atomic mass is 35.5.